The van der Waals surface area contributed by atoms with Gasteiger partial charge in [0.2, 0.25) is 0 Å². The molecule has 0 aromatic rings. The molecule has 0 saturated carbocycles. The molecule has 0 aromatic carbocycles. The fourth-order valence-electron chi connectivity index (χ4n) is 1.03. The van der Waals surface area contributed by atoms with Crippen LogP contribution in [0.5, 0.6) is 0 Å². The van der Waals surface area contributed by atoms with Crippen LogP contribution in [0, 0.1) is 0 Å². The first kappa shape index (κ1) is 8.83. The van der Waals surface area contributed by atoms with Gasteiger partial charge in [0, 0.05) is 13.0 Å². The summed E-state index contributed by atoms with van der Waals surface area (Å²) in [4.78, 5) is 14.3. The number of primary amides is 1. The largest absolute Gasteiger partial charge is 0.448 e. The van der Waals surface area contributed by atoms with Gasteiger partial charge in [-0.15, -0.1) is 0 Å². The van der Waals surface area contributed by atoms with Crippen LogP contribution in [0.1, 0.15) is 12.8 Å². The van der Waals surface area contributed by atoms with E-state index in [1.54, 1.807) is 0 Å². The fourth-order valence-corrected chi connectivity index (χ4v) is 1.03. The minimum atomic E-state index is -0.731. The fraction of sp³-hybridized carbons (Fsp3) is 0.714. The molecule has 5 heteroatoms. The molecule has 0 saturated heterocycles. The van der Waals surface area contributed by atoms with Gasteiger partial charge in [-0.25, -0.2) is 4.79 Å². The Bertz CT molecular complexity index is 191. The van der Waals surface area contributed by atoms with Crippen LogP contribution in [-0.4, -0.2) is 31.6 Å². The van der Waals surface area contributed by atoms with Gasteiger partial charge in [-0.1, -0.05) is 0 Å². The van der Waals surface area contributed by atoms with E-state index < -0.39 is 6.09 Å². The number of nitrogens with two attached hydrogens (primary N) is 1. The molecule has 0 aromatic heterocycles. The van der Waals surface area contributed by atoms with E-state index in [1.165, 1.54) is 0 Å². The van der Waals surface area contributed by atoms with Gasteiger partial charge in [-0.3, -0.25) is 4.99 Å². The van der Waals surface area contributed by atoms with Crippen molar-refractivity contribution in [1.29, 1.82) is 0 Å². The Morgan fingerprint density at radius 1 is 1.75 bits per heavy atom. The second kappa shape index (κ2) is 4.58. The second-order valence-electron chi connectivity index (χ2n) is 2.53. The molecule has 1 heterocycles. The Labute approximate surface area is 71.0 Å². The van der Waals surface area contributed by atoms with Crippen molar-refractivity contribution in [3.8, 4) is 0 Å². The van der Waals surface area contributed by atoms with E-state index in [4.69, 9.17) is 5.73 Å². The molecular formula is C7H13N3O2. The van der Waals surface area contributed by atoms with Crippen LogP contribution < -0.4 is 11.1 Å². The van der Waals surface area contributed by atoms with Gasteiger partial charge in [-0.05, 0) is 6.42 Å². The maximum absolute atomic E-state index is 10.1. The molecule has 0 aliphatic carbocycles. The molecule has 12 heavy (non-hydrogen) atoms. The number of carbonyl (C=O) groups excluding carboxylic acids is 1. The van der Waals surface area contributed by atoms with Crippen molar-refractivity contribution in [2.45, 2.75) is 12.8 Å². The standard InChI is InChI=1S/C7H13N3O2/c8-7(11)12-5-4-10-6-2-1-3-9-6/h1-5H2,(H2,8,11)(H,9,10). The van der Waals surface area contributed by atoms with Gasteiger partial charge in [0.25, 0.3) is 0 Å². The quantitative estimate of drug-likeness (QED) is 0.580. The summed E-state index contributed by atoms with van der Waals surface area (Å²) >= 11 is 0. The summed E-state index contributed by atoms with van der Waals surface area (Å²) in [6, 6.07) is 0. The number of carbonyl (C=O) groups is 1. The van der Waals surface area contributed by atoms with Gasteiger partial charge in [0.1, 0.15) is 6.61 Å². The topological polar surface area (TPSA) is 76.7 Å². The predicted molar refractivity (Wildman–Crippen MR) is 45.1 cm³/mol. The van der Waals surface area contributed by atoms with Crippen LogP contribution in [0.15, 0.2) is 4.99 Å². The zero-order chi connectivity index (χ0) is 8.81. The molecule has 1 amide bonds. The van der Waals surface area contributed by atoms with E-state index in [2.05, 4.69) is 15.0 Å². The predicted octanol–water partition coefficient (Wildman–Crippen LogP) is -0.136. The first-order valence-corrected chi connectivity index (χ1v) is 3.98. The van der Waals surface area contributed by atoms with Crippen molar-refractivity contribution in [2.24, 2.45) is 10.7 Å². The minimum Gasteiger partial charge on any atom is -0.448 e. The smallest absolute Gasteiger partial charge is 0.404 e. The maximum atomic E-state index is 10.1. The summed E-state index contributed by atoms with van der Waals surface area (Å²) in [5.41, 5.74) is 4.77. The first-order valence-electron chi connectivity index (χ1n) is 3.98. The van der Waals surface area contributed by atoms with E-state index in [-0.39, 0.29) is 0 Å². The highest BCUT2D eigenvalue weighted by Gasteiger charge is 2.04. The third-order valence-corrected chi connectivity index (χ3v) is 1.55. The zero-order valence-electron chi connectivity index (χ0n) is 6.88. The van der Waals surface area contributed by atoms with E-state index in [9.17, 15) is 4.79 Å². The van der Waals surface area contributed by atoms with Crippen molar-refractivity contribution in [2.75, 3.05) is 19.7 Å². The van der Waals surface area contributed by atoms with Gasteiger partial charge < -0.3 is 15.8 Å². The van der Waals surface area contributed by atoms with Gasteiger partial charge >= 0.3 is 6.09 Å². The van der Waals surface area contributed by atoms with Gasteiger partial charge in [0.15, 0.2) is 0 Å². The summed E-state index contributed by atoms with van der Waals surface area (Å²) in [5.74, 6) is 1.00. The average Bonchev–Trinajstić information content (AvgIpc) is 2.49. The van der Waals surface area contributed by atoms with Crippen LogP contribution in [0.4, 0.5) is 4.79 Å². The molecule has 0 unspecified atom stereocenters. The van der Waals surface area contributed by atoms with Crippen LogP contribution in [0.3, 0.4) is 0 Å². The number of hydrogen-bond acceptors (Lipinski definition) is 4. The van der Waals surface area contributed by atoms with Gasteiger partial charge in [-0.2, -0.15) is 0 Å². The number of rotatable bonds is 3. The molecule has 1 aliphatic heterocycles. The molecule has 1 rings (SSSR count). The first-order chi connectivity index (χ1) is 5.79. The lowest BCUT2D eigenvalue weighted by molar-refractivity contribution is 0.159. The Morgan fingerprint density at radius 3 is 3.17 bits per heavy atom. The van der Waals surface area contributed by atoms with Crippen molar-refractivity contribution < 1.29 is 9.53 Å². The average molecular weight is 171 g/mol. The SMILES string of the molecule is NC(=O)OCCNC1=NCCC1. The lowest BCUT2D eigenvalue weighted by atomic mass is 10.3. The number of amidine groups is 1. The van der Waals surface area contributed by atoms with Crippen molar-refractivity contribution in [3.63, 3.8) is 0 Å². The molecule has 5 nitrogen and oxygen atoms in total. The van der Waals surface area contributed by atoms with Crippen LogP contribution >= 0.6 is 0 Å². The highest BCUT2D eigenvalue weighted by Crippen LogP contribution is 2.00. The molecule has 1 aliphatic rings. The monoisotopic (exact) mass is 171 g/mol. The molecule has 0 fully saturated rings. The number of hydrogen-bond donors (Lipinski definition) is 2. The molecular weight excluding hydrogens is 158 g/mol. The van der Waals surface area contributed by atoms with Crippen molar-refractivity contribution in [3.05, 3.63) is 0 Å². The lowest BCUT2D eigenvalue weighted by Gasteiger charge is -2.04. The number of amides is 1. The summed E-state index contributed by atoms with van der Waals surface area (Å²) in [5, 5.41) is 3.05. The van der Waals surface area contributed by atoms with Crippen LogP contribution in [0.25, 0.3) is 0 Å². The maximum Gasteiger partial charge on any atom is 0.404 e. The highest BCUT2D eigenvalue weighted by molar-refractivity contribution is 5.83. The molecule has 0 radical (unpaired) electrons. The number of ether oxygens (including phenoxy) is 1. The number of nitrogens with zero attached hydrogens (tertiary/aromatic N) is 1. The Balaban J connectivity index is 1.98. The van der Waals surface area contributed by atoms with Crippen LogP contribution in [0.2, 0.25) is 0 Å². The number of aliphatic imine (C=N–C) groups is 1. The summed E-state index contributed by atoms with van der Waals surface area (Å²) in [6.07, 6.45) is 1.38. The van der Waals surface area contributed by atoms with Crippen LogP contribution in [-0.2, 0) is 4.74 Å². The third kappa shape index (κ3) is 3.23. The van der Waals surface area contributed by atoms with E-state index in [0.717, 1.165) is 25.2 Å². The summed E-state index contributed by atoms with van der Waals surface area (Å²) in [7, 11) is 0. The number of nitrogens with one attached hydrogen (secondary N) is 1. The second-order valence-corrected chi connectivity index (χ2v) is 2.53. The highest BCUT2D eigenvalue weighted by atomic mass is 16.5. The zero-order valence-corrected chi connectivity index (χ0v) is 6.88. The molecule has 0 bridgehead atoms. The molecule has 68 valence electrons. The molecule has 3 N–H and O–H groups in total. The van der Waals surface area contributed by atoms with E-state index in [1.807, 2.05) is 0 Å². The Morgan fingerprint density at radius 2 is 2.58 bits per heavy atom. The van der Waals surface area contributed by atoms with E-state index in [0.29, 0.717) is 13.2 Å². The van der Waals surface area contributed by atoms with Gasteiger partial charge in [0.05, 0.1) is 12.4 Å². The minimum absolute atomic E-state index is 0.300. The molecule has 0 atom stereocenters. The molecule has 0 spiro atoms. The van der Waals surface area contributed by atoms with Crippen molar-refractivity contribution in [1.82, 2.24) is 5.32 Å². The Kier molecular flexibility index (Phi) is 3.37. The Hall–Kier alpha value is -1.26. The summed E-state index contributed by atoms with van der Waals surface area (Å²) in [6.45, 7) is 1.79. The van der Waals surface area contributed by atoms with Crippen molar-refractivity contribution >= 4 is 11.9 Å². The lowest BCUT2D eigenvalue weighted by Crippen LogP contribution is -2.27. The third-order valence-electron chi connectivity index (χ3n) is 1.55. The normalized spacial score (nSPS) is 15.5. The summed E-state index contributed by atoms with van der Waals surface area (Å²) < 4.78 is 4.52. The van der Waals surface area contributed by atoms with E-state index >= 15 is 0 Å².